The third-order valence-electron chi connectivity index (χ3n) is 6.42. The van der Waals surface area contributed by atoms with Crippen LogP contribution in [0.2, 0.25) is 0 Å². The number of hydrogen-bond donors (Lipinski definition) is 0. The number of benzene rings is 4. The van der Waals surface area contributed by atoms with Gasteiger partial charge >= 0.3 is 0 Å². The first kappa shape index (κ1) is 20.5. The van der Waals surface area contributed by atoms with E-state index in [1.54, 1.807) is 0 Å². The number of rotatable bonds is 3. The lowest BCUT2D eigenvalue weighted by Gasteiger charge is -2.18. The number of hydrogen-bond acceptors (Lipinski definition) is 2. The molecule has 0 unspecified atom stereocenters. The Bertz CT molecular complexity index is 1620. The molecule has 0 aliphatic rings. The molecule has 3 nitrogen and oxygen atoms in total. The van der Waals surface area contributed by atoms with Crippen LogP contribution in [0.4, 0.5) is 0 Å². The van der Waals surface area contributed by atoms with Crippen LogP contribution in [0.5, 0.6) is 0 Å². The summed E-state index contributed by atoms with van der Waals surface area (Å²) < 4.78 is 8.26. The molecule has 0 amide bonds. The second kappa shape index (κ2) is 7.74. The molecule has 0 N–H and O–H groups in total. The van der Waals surface area contributed by atoms with Crippen LogP contribution in [-0.4, -0.2) is 9.55 Å². The maximum atomic E-state index is 5.93. The van der Waals surface area contributed by atoms with Crippen LogP contribution in [0.3, 0.4) is 0 Å². The zero-order valence-electron chi connectivity index (χ0n) is 19.6. The van der Waals surface area contributed by atoms with Crippen molar-refractivity contribution in [1.82, 2.24) is 9.55 Å². The van der Waals surface area contributed by atoms with E-state index >= 15 is 0 Å². The smallest absolute Gasteiger partial charge is 0.220 e. The summed E-state index contributed by atoms with van der Waals surface area (Å²) in [6, 6.07) is 32.0. The SMILES string of the molecule is CC(C)(C)c1ccc2oc(C=Cc3ccc(-n4c5ccccc5c5ccccc54)cc3)nc2c1. The van der Waals surface area contributed by atoms with E-state index in [-0.39, 0.29) is 5.41 Å². The van der Waals surface area contributed by atoms with Crippen LogP contribution in [0.1, 0.15) is 37.8 Å². The standard InChI is InChI=1S/C31H26N2O/c1-31(2,3)22-15-18-29-26(20-22)32-30(34-29)19-14-21-12-16-23(17-13-21)33-27-10-6-4-8-24(27)25-9-5-7-11-28(25)33/h4-20H,1-3H3. The first-order chi connectivity index (χ1) is 16.5. The van der Waals surface area contributed by atoms with Gasteiger partial charge in [-0.15, -0.1) is 0 Å². The predicted molar refractivity (Wildman–Crippen MR) is 142 cm³/mol. The van der Waals surface area contributed by atoms with Crippen molar-refractivity contribution >= 4 is 45.1 Å². The monoisotopic (exact) mass is 442 g/mol. The normalized spacial score (nSPS) is 12.4. The molecule has 0 aliphatic carbocycles. The first-order valence-electron chi connectivity index (χ1n) is 11.7. The van der Waals surface area contributed by atoms with Crippen LogP contribution in [-0.2, 0) is 5.41 Å². The van der Waals surface area contributed by atoms with Crippen LogP contribution in [0.15, 0.2) is 95.4 Å². The molecule has 6 rings (SSSR count). The van der Waals surface area contributed by atoms with Gasteiger partial charge < -0.3 is 8.98 Å². The fourth-order valence-corrected chi connectivity index (χ4v) is 4.59. The van der Waals surface area contributed by atoms with Crippen molar-refractivity contribution in [2.75, 3.05) is 0 Å². The summed E-state index contributed by atoms with van der Waals surface area (Å²) in [5, 5.41) is 2.54. The summed E-state index contributed by atoms with van der Waals surface area (Å²) in [6.45, 7) is 6.62. The fourth-order valence-electron chi connectivity index (χ4n) is 4.59. The average molecular weight is 443 g/mol. The fraction of sp³-hybridized carbons (Fsp3) is 0.129. The lowest BCUT2D eigenvalue weighted by molar-refractivity contribution is 0.585. The molecule has 0 aliphatic heterocycles. The highest BCUT2D eigenvalue weighted by Gasteiger charge is 2.15. The maximum Gasteiger partial charge on any atom is 0.220 e. The maximum absolute atomic E-state index is 5.93. The minimum Gasteiger partial charge on any atom is -0.437 e. The van der Waals surface area contributed by atoms with E-state index in [1.807, 2.05) is 18.2 Å². The van der Waals surface area contributed by atoms with Gasteiger partial charge in [-0.05, 0) is 59.0 Å². The molecule has 6 aromatic rings. The minimum atomic E-state index is 0.0846. The van der Waals surface area contributed by atoms with Crippen molar-refractivity contribution in [1.29, 1.82) is 0 Å². The molecular weight excluding hydrogens is 416 g/mol. The minimum absolute atomic E-state index is 0.0846. The van der Waals surface area contributed by atoms with Gasteiger partial charge in [0.05, 0.1) is 11.0 Å². The lowest BCUT2D eigenvalue weighted by Crippen LogP contribution is -2.10. The van der Waals surface area contributed by atoms with Crippen molar-refractivity contribution in [3.8, 4) is 5.69 Å². The summed E-state index contributed by atoms with van der Waals surface area (Å²) in [6.07, 6.45) is 3.98. The number of nitrogens with zero attached hydrogens (tertiary/aromatic N) is 2. The van der Waals surface area contributed by atoms with Gasteiger partial charge in [0.15, 0.2) is 5.58 Å². The van der Waals surface area contributed by atoms with Crippen LogP contribution in [0, 0.1) is 0 Å². The molecule has 0 saturated carbocycles. The molecule has 3 heteroatoms. The molecule has 0 saturated heterocycles. The zero-order chi connectivity index (χ0) is 23.3. The molecular formula is C31H26N2O. The quantitative estimate of drug-likeness (QED) is 0.275. The van der Waals surface area contributed by atoms with Crippen molar-refractivity contribution in [3.63, 3.8) is 0 Å². The third-order valence-corrected chi connectivity index (χ3v) is 6.42. The summed E-state index contributed by atoms with van der Waals surface area (Å²) in [5.41, 5.74) is 7.73. The molecule has 166 valence electrons. The molecule has 2 heterocycles. The Morgan fingerprint density at radius 1 is 0.735 bits per heavy atom. The molecule has 0 fully saturated rings. The topological polar surface area (TPSA) is 31.0 Å². The van der Waals surface area contributed by atoms with Crippen molar-refractivity contribution in [2.45, 2.75) is 26.2 Å². The summed E-state index contributed by atoms with van der Waals surface area (Å²) in [7, 11) is 0. The molecule has 0 bridgehead atoms. The van der Waals surface area contributed by atoms with Gasteiger partial charge in [-0.1, -0.05) is 75.4 Å². The average Bonchev–Trinajstić information content (AvgIpc) is 3.41. The molecule has 0 radical (unpaired) electrons. The highest BCUT2D eigenvalue weighted by atomic mass is 16.3. The van der Waals surface area contributed by atoms with Crippen molar-refractivity contribution < 1.29 is 4.42 Å². The van der Waals surface area contributed by atoms with E-state index < -0.39 is 0 Å². The zero-order valence-corrected chi connectivity index (χ0v) is 19.6. The largest absolute Gasteiger partial charge is 0.437 e. The Kier molecular flexibility index (Phi) is 4.66. The van der Waals surface area contributed by atoms with Crippen LogP contribution >= 0.6 is 0 Å². The molecule has 34 heavy (non-hydrogen) atoms. The van der Waals surface area contributed by atoms with Gasteiger partial charge in [0.2, 0.25) is 5.89 Å². The second-order valence-corrected chi connectivity index (χ2v) is 9.78. The van der Waals surface area contributed by atoms with E-state index in [0.29, 0.717) is 5.89 Å². The molecule has 2 aromatic heterocycles. The Balaban J connectivity index is 1.32. The van der Waals surface area contributed by atoms with Crippen molar-refractivity contribution in [3.05, 3.63) is 108 Å². The number of oxazole rings is 1. The molecule has 0 spiro atoms. The van der Waals surface area contributed by atoms with Gasteiger partial charge in [0, 0.05) is 22.5 Å². The van der Waals surface area contributed by atoms with E-state index in [2.05, 4.69) is 115 Å². The van der Waals surface area contributed by atoms with E-state index in [1.165, 1.54) is 27.4 Å². The van der Waals surface area contributed by atoms with Crippen molar-refractivity contribution in [2.24, 2.45) is 0 Å². The van der Waals surface area contributed by atoms with Crippen LogP contribution < -0.4 is 0 Å². The number of aromatic nitrogens is 2. The summed E-state index contributed by atoms with van der Waals surface area (Å²) in [4.78, 5) is 4.67. The number of para-hydroxylation sites is 2. The van der Waals surface area contributed by atoms with Gasteiger partial charge in [-0.3, -0.25) is 0 Å². The van der Waals surface area contributed by atoms with Gasteiger partial charge in [0.25, 0.3) is 0 Å². The predicted octanol–water partition coefficient (Wildman–Crippen LogP) is 8.39. The Morgan fingerprint density at radius 3 is 2.03 bits per heavy atom. The first-order valence-corrected chi connectivity index (χ1v) is 11.7. The number of fused-ring (bicyclic) bond motifs is 4. The molecule has 4 aromatic carbocycles. The Morgan fingerprint density at radius 2 is 1.38 bits per heavy atom. The van der Waals surface area contributed by atoms with E-state index in [9.17, 15) is 0 Å². The van der Waals surface area contributed by atoms with E-state index in [4.69, 9.17) is 4.42 Å². The third kappa shape index (κ3) is 3.50. The summed E-state index contributed by atoms with van der Waals surface area (Å²) >= 11 is 0. The van der Waals surface area contributed by atoms with Gasteiger partial charge in [0.1, 0.15) is 5.52 Å². The second-order valence-electron chi connectivity index (χ2n) is 9.78. The van der Waals surface area contributed by atoms with Gasteiger partial charge in [-0.2, -0.15) is 0 Å². The van der Waals surface area contributed by atoms with Gasteiger partial charge in [-0.25, -0.2) is 4.98 Å². The highest BCUT2D eigenvalue weighted by Crippen LogP contribution is 2.32. The highest BCUT2D eigenvalue weighted by molar-refractivity contribution is 6.09. The van der Waals surface area contributed by atoms with E-state index in [0.717, 1.165) is 22.4 Å². The summed E-state index contributed by atoms with van der Waals surface area (Å²) in [5.74, 6) is 0.618. The molecule has 0 atom stereocenters. The Hall–Kier alpha value is -4.11. The lowest BCUT2D eigenvalue weighted by atomic mass is 9.87. The van der Waals surface area contributed by atoms with Crippen LogP contribution in [0.25, 0.3) is 50.7 Å². The Labute approximate surface area is 199 Å².